The summed E-state index contributed by atoms with van der Waals surface area (Å²) >= 11 is 5.82. The van der Waals surface area contributed by atoms with Crippen molar-refractivity contribution in [2.75, 3.05) is 25.5 Å². The Labute approximate surface area is 192 Å². The first-order chi connectivity index (χ1) is 15.3. The Hall–Kier alpha value is -3.23. The minimum atomic E-state index is -3.78. The third-order valence-corrected chi connectivity index (χ3v) is 6.32. The highest BCUT2D eigenvalue weighted by Crippen LogP contribution is 2.27. The van der Waals surface area contributed by atoms with Crippen LogP contribution in [0.1, 0.15) is 15.9 Å². The molecule has 9 heteroatoms. The molecule has 0 aliphatic rings. The number of hydrogen-bond acceptors (Lipinski definition) is 5. The third-order valence-electron chi connectivity index (χ3n) is 4.67. The number of rotatable bonds is 9. The van der Waals surface area contributed by atoms with E-state index in [-0.39, 0.29) is 10.8 Å². The van der Waals surface area contributed by atoms with Gasteiger partial charge in [0.15, 0.2) is 11.5 Å². The molecule has 7 nitrogen and oxygen atoms in total. The smallest absolute Gasteiger partial charge is 0.261 e. The van der Waals surface area contributed by atoms with Crippen molar-refractivity contribution in [2.24, 2.45) is 0 Å². The molecule has 0 radical (unpaired) electrons. The maximum absolute atomic E-state index is 12.5. The molecular formula is C23H23ClN2O5S. The van der Waals surface area contributed by atoms with Crippen molar-refractivity contribution in [1.82, 2.24) is 5.32 Å². The molecule has 0 aliphatic carbocycles. The molecule has 0 bridgehead atoms. The Morgan fingerprint density at radius 3 is 2.19 bits per heavy atom. The SMILES string of the molecule is COc1ccc(CCNC(=O)c2ccc(S(=O)(=O)Nc3ccc(Cl)cc3)cc2)cc1OC. The van der Waals surface area contributed by atoms with Crippen molar-refractivity contribution in [2.45, 2.75) is 11.3 Å². The number of ether oxygens (including phenoxy) is 2. The van der Waals surface area contributed by atoms with Crippen LogP contribution in [0.5, 0.6) is 11.5 Å². The standard InChI is InChI=1S/C23H23ClN2O5S/c1-30-21-12-3-16(15-22(21)31-2)13-14-25-23(27)17-4-10-20(11-5-17)32(28,29)26-19-8-6-18(24)7-9-19/h3-12,15,26H,13-14H2,1-2H3,(H,25,27). The molecule has 0 saturated carbocycles. The molecule has 3 rings (SSSR count). The molecule has 0 aliphatic heterocycles. The third kappa shape index (κ3) is 5.93. The quantitative estimate of drug-likeness (QED) is 0.486. The van der Waals surface area contributed by atoms with Crippen molar-refractivity contribution in [3.63, 3.8) is 0 Å². The van der Waals surface area contributed by atoms with Crippen molar-refractivity contribution in [3.8, 4) is 11.5 Å². The van der Waals surface area contributed by atoms with E-state index in [2.05, 4.69) is 10.0 Å². The summed E-state index contributed by atoms with van der Waals surface area (Å²) in [5.41, 5.74) is 1.74. The number of anilines is 1. The van der Waals surface area contributed by atoms with Crippen molar-refractivity contribution < 1.29 is 22.7 Å². The van der Waals surface area contributed by atoms with Gasteiger partial charge < -0.3 is 14.8 Å². The molecule has 0 saturated heterocycles. The van der Waals surface area contributed by atoms with E-state index in [1.54, 1.807) is 38.5 Å². The fraction of sp³-hybridized carbons (Fsp3) is 0.174. The highest BCUT2D eigenvalue weighted by molar-refractivity contribution is 7.92. The summed E-state index contributed by atoms with van der Waals surface area (Å²) in [6.45, 7) is 0.409. The molecule has 0 unspecified atom stereocenters. The maximum atomic E-state index is 12.5. The van der Waals surface area contributed by atoms with E-state index in [0.717, 1.165) is 5.56 Å². The summed E-state index contributed by atoms with van der Waals surface area (Å²) in [5.74, 6) is 0.973. The second-order valence-corrected chi connectivity index (χ2v) is 8.95. The lowest BCUT2D eigenvalue weighted by Gasteiger charge is -2.11. The predicted molar refractivity (Wildman–Crippen MR) is 124 cm³/mol. The number of methoxy groups -OCH3 is 2. The molecular weight excluding hydrogens is 452 g/mol. The fourth-order valence-corrected chi connectivity index (χ4v) is 4.16. The first kappa shape index (κ1) is 23.4. The molecule has 168 valence electrons. The van der Waals surface area contributed by atoms with E-state index in [1.807, 2.05) is 18.2 Å². The van der Waals surface area contributed by atoms with Gasteiger partial charge in [0.1, 0.15) is 0 Å². The summed E-state index contributed by atoms with van der Waals surface area (Å²) < 4.78 is 38.0. The Morgan fingerprint density at radius 2 is 1.56 bits per heavy atom. The second kappa shape index (κ2) is 10.4. The van der Waals surface area contributed by atoms with Gasteiger partial charge in [0, 0.05) is 22.8 Å². The van der Waals surface area contributed by atoms with Gasteiger partial charge in [0.05, 0.1) is 19.1 Å². The Bertz CT molecular complexity index is 1180. The molecule has 0 aromatic heterocycles. The van der Waals surface area contributed by atoms with Crippen LogP contribution in [0.2, 0.25) is 5.02 Å². The van der Waals surface area contributed by atoms with Crippen LogP contribution in [0.25, 0.3) is 0 Å². The number of amides is 1. The fourth-order valence-electron chi connectivity index (χ4n) is 2.98. The normalized spacial score (nSPS) is 11.0. The van der Waals surface area contributed by atoms with Crippen LogP contribution < -0.4 is 19.5 Å². The number of nitrogens with one attached hydrogen (secondary N) is 2. The lowest BCUT2D eigenvalue weighted by Crippen LogP contribution is -2.25. The average Bonchev–Trinajstić information content (AvgIpc) is 2.80. The van der Waals surface area contributed by atoms with Crippen LogP contribution in [0.3, 0.4) is 0 Å². The van der Waals surface area contributed by atoms with Gasteiger partial charge in [-0.25, -0.2) is 8.42 Å². The van der Waals surface area contributed by atoms with Gasteiger partial charge in [-0.3, -0.25) is 9.52 Å². The lowest BCUT2D eigenvalue weighted by molar-refractivity contribution is 0.0954. The van der Waals surface area contributed by atoms with Crippen molar-refractivity contribution >= 4 is 33.2 Å². The van der Waals surface area contributed by atoms with Crippen LogP contribution in [0.4, 0.5) is 5.69 Å². The highest BCUT2D eigenvalue weighted by Gasteiger charge is 2.15. The van der Waals surface area contributed by atoms with Gasteiger partial charge in [0.2, 0.25) is 0 Å². The minimum absolute atomic E-state index is 0.0503. The van der Waals surface area contributed by atoms with Crippen LogP contribution in [0, 0.1) is 0 Å². The number of benzene rings is 3. The summed E-state index contributed by atoms with van der Waals surface area (Å²) in [7, 11) is -0.642. The van der Waals surface area contributed by atoms with E-state index in [1.165, 1.54) is 24.3 Å². The zero-order valence-electron chi connectivity index (χ0n) is 17.6. The number of halogens is 1. The molecule has 0 heterocycles. The number of hydrogen-bond donors (Lipinski definition) is 2. The molecule has 0 atom stereocenters. The van der Waals surface area contributed by atoms with Crippen LogP contribution in [0.15, 0.2) is 71.6 Å². The zero-order chi connectivity index (χ0) is 23.1. The maximum Gasteiger partial charge on any atom is 0.261 e. The highest BCUT2D eigenvalue weighted by atomic mass is 35.5. The first-order valence-electron chi connectivity index (χ1n) is 9.70. The van der Waals surface area contributed by atoms with Crippen LogP contribution in [-0.2, 0) is 16.4 Å². The van der Waals surface area contributed by atoms with Crippen molar-refractivity contribution in [3.05, 3.63) is 82.9 Å². The molecule has 2 N–H and O–H groups in total. The molecule has 3 aromatic rings. The molecule has 3 aromatic carbocycles. The van der Waals surface area contributed by atoms with Gasteiger partial charge in [-0.1, -0.05) is 17.7 Å². The number of carbonyl (C=O) groups excluding carboxylic acids is 1. The molecule has 0 spiro atoms. The van der Waals surface area contributed by atoms with E-state index in [4.69, 9.17) is 21.1 Å². The summed E-state index contributed by atoms with van der Waals surface area (Å²) in [5, 5.41) is 3.34. The van der Waals surface area contributed by atoms with E-state index in [9.17, 15) is 13.2 Å². The van der Waals surface area contributed by atoms with Gasteiger partial charge in [-0.05, 0) is 72.6 Å². The molecule has 1 amide bonds. The predicted octanol–water partition coefficient (Wildman–Crippen LogP) is 4.13. The Kier molecular flexibility index (Phi) is 7.61. The minimum Gasteiger partial charge on any atom is -0.493 e. The largest absolute Gasteiger partial charge is 0.493 e. The molecule has 0 fully saturated rings. The molecule has 32 heavy (non-hydrogen) atoms. The van der Waals surface area contributed by atoms with E-state index >= 15 is 0 Å². The monoisotopic (exact) mass is 474 g/mol. The van der Waals surface area contributed by atoms with Gasteiger partial charge in [-0.2, -0.15) is 0 Å². The second-order valence-electron chi connectivity index (χ2n) is 6.83. The Balaban J connectivity index is 1.58. The Morgan fingerprint density at radius 1 is 0.906 bits per heavy atom. The van der Waals surface area contributed by atoms with Gasteiger partial charge in [-0.15, -0.1) is 0 Å². The van der Waals surface area contributed by atoms with Crippen LogP contribution >= 0.6 is 11.6 Å². The van der Waals surface area contributed by atoms with Gasteiger partial charge >= 0.3 is 0 Å². The zero-order valence-corrected chi connectivity index (χ0v) is 19.2. The summed E-state index contributed by atoms with van der Waals surface area (Å²) in [6, 6.07) is 17.6. The average molecular weight is 475 g/mol. The lowest BCUT2D eigenvalue weighted by atomic mass is 10.1. The van der Waals surface area contributed by atoms with Crippen molar-refractivity contribution in [1.29, 1.82) is 0 Å². The van der Waals surface area contributed by atoms with E-state index < -0.39 is 10.0 Å². The van der Waals surface area contributed by atoms with Gasteiger partial charge in [0.25, 0.3) is 15.9 Å². The summed E-state index contributed by atoms with van der Waals surface area (Å²) in [4.78, 5) is 12.5. The van der Waals surface area contributed by atoms with Crippen LogP contribution in [-0.4, -0.2) is 35.1 Å². The number of carbonyl (C=O) groups is 1. The summed E-state index contributed by atoms with van der Waals surface area (Å²) in [6.07, 6.45) is 0.601. The van der Waals surface area contributed by atoms with E-state index in [0.29, 0.717) is 40.7 Å². The number of sulfonamides is 1. The topological polar surface area (TPSA) is 93.7 Å². The first-order valence-corrected chi connectivity index (χ1v) is 11.6.